The molecule has 4 heteroatoms. The molecule has 0 bridgehead atoms. The zero-order valence-corrected chi connectivity index (χ0v) is 11.9. The van der Waals surface area contributed by atoms with Crippen LogP contribution in [0.15, 0.2) is 24.3 Å². The molecular formula is C16H21N3O. The van der Waals surface area contributed by atoms with Crippen molar-refractivity contribution in [3.05, 3.63) is 30.1 Å². The molecule has 106 valence electrons. The largest absolute Gasteiger partial charge is 0.328 e. The summed E-state index contributed by atoms with van der Waals surface area (Å²) in [6, 6.07) is 8.06. The number of hydrogen-bond donors (Lipinski definition) is 1. The van der Waals surface area contributed by atoms with Crippen LogP contribution in [0.25, 0.3) is 11.0 Å². The quantitative estimate of drug-likeness (QED) is 0.839. The molecule has 20 heavy (non-hydrogen) atoms. The number of carbonyl (C=O) groups excluding carboxylic acids is 1. The van der Waals surface area contributed by atoms with E-state index < -0.39 is 0 Å². The minimum atomic E-state index is 0.218. The number of nitrogens with one attached hydrogen (secondary N) is 1. The van der Waals surface area contributed by atoms with Crippen LogP contribution in [0.2, 0.25) is 0 Å². The number of benzene rings is 1. The fraction of sp³-hybridized carbons (Fsp3) is 0.500. The van der Waals surface area contributed by atoms with E-state index in [1.54, 1.807) is 0 Å². The number of aryl methyl sites for hydroxylation is 1. The lowest BCUT2D eigenvalue weighted by Crippen LogP contribution is -2.26. The molecule has 1 aromatic carbocycles. The summed E-state index contributed by atoms with van der Waals surface area (Å²) in [5.41, 5.74) is 2.09. The van der Waals surface area contributed by atoms with Gasteiger partial charge in [-0.1, -0.05) is 12.1 Å². The monoisotopic (exact) mass is 271 g/mol. The third kappa shape index (κ3) is 2.90. The highest BCUT2D eigenvalue weighted by Gasteiger charge is 2.21. The highest BCUT2D eigenvalue weighted by Crippen LogP contribution is 2.27. The molecule has 1 aliphatic rings. The number of nitrogens with zero attached hydrogens (tertiary/aromatic N) is 2. The number of carbonyl (C=O) groups is 1. The Hall–Kier alpha value is -1.68. The van der Waals surface area contributed by atoms with Crippen LogP contribution in [0, 0.1) is 5.92 Å². The first-order valence-corrected chi connectivity index (χ1v) is 7.44. The van der Waals surface area contributed by atoms with E-state index in [1.807, 2.05) is 18.2 Å². The first kappa shape index (κ1) is 13.3. The number of aromatic nitrogens is 2. The average molecular weight is 271 g/mol. The third-order valence-corrected chi connectivity index (χ3v) is 3.86. The van der Waals surface area contributed by atoms with Crippen molar-refractivity contribution < 1.29 is 4.79 Å². The van der Waals surface area contributed by atoms with Gasteiger partial charge in [0.2, 0.25) is 0 Å². The molecule has 0 amide bonds. The lowest BCUT2D eigenvalue weighted by atomic mass is 10.2. The summed E-state index contributed by atoms with van der Waals surface area (Å²) in [4.78, 5) is 16.6. The molecule has 0 unspecified atom stereocenters. The smallest absolute Gasteiger partial charge is 0.154 e. The lowest BCUT2D eigenvalue weighted by Gasteiger charge is -2.06. The molecule has 0 atom stereocenters. The fourth-order valence-electron chi connectivity index (χ4n) is 2.59. The molecule has 1 aliphatic carbocycles. The summed E-state index contributed by atoms with van der Waals surface area (Å²) in [5.74, 6) is 1.91. The number of Topliss-reactive ketones (excluding diaryl/α,β-unsaturated/α-hetero) is 1. The van der Waals surface area contributed by atoms with Gasteiger partial charge in [-0.2, -0.15) is 0 Å². The molecule has 0 radical (unpaired) electrons. The van der Waals surface area contributed by atoms with Gasteiger partial charge in [-0.3, -0.25) is 4.79 Å². The van der Waals surface area contributed by atoms with E-state index in [4.69, 9.17) is 0 Å². The van der Waals surface area contributed by atoms with Crippen LogP contribution in [-0.2, 0) is 17.8 Å². The van der Waals surface area contributed by atoms with Crippen molar-refractivity contribution in [3.8, 4) is 0 Å². The van der Waals surface area contributed by atoms with Crippen LogP contribution >= 0.6 is 0 Å². The van der Waals surface area contributed by atoms with E-state index in [0.29, 0.717) is 13.0 Å². The maximum Gasteiger partial charge on any atom is 0.154 e. The van der Waals surface area contributed by atoms with Crippen molar-refractivity contribution in [3.63, 3.8) is 0 Å². The fourth-order valence-corrected chi connectivity index (χ4v) is 2.59. The van der Waals surface area contributed by atoms with E-state index >= 15 is 0 Å². The Kier molecular flexibility index (Phi) is 3.83. The predicted octanol–water partition coefficient (Wildman–Crippen LogP) is 2.17. The minimum Gasteiger partial charge on any atom is -0.328 e. The van der Waals surface area contributed by atoms with Gasteiger partial charge in [0.05, 0.1) is 24.0 Å². The van der Waals surface area contributed by atoms with Crippen molar-refractivity contribution in [2.75, 3.05) is 13.1 Å². The van der Waals surface area contributed by atoms with Crippen molar-refractivity contribution in [2.45, 2.75) is 32.7 Å². The van der Waals surface area contributed by atoms with Gasteiger partial charge in [-0.15, -0.1) is 0 Å². The number of fused-ring (bicyclic) bond motifs is 1. The molecule has 0 saturated heterocycles. The van der Waals surface area contributed by atoms with Crippen LogP contribution in [-0.4, -0.2) is 28.4 Å². The van der Waals surface area contributed by atoms with Gasteiger partial charge in [-0.05, 0) is 44.4 Å². The second kappa shape index (κ2) is 5.75. The van der Waals surface area contributed by atoms with Gasteiger partial charge in [0.1, 0.15) is 5.82 Å². The van der Waals surface area contributed by atoms with Crippen LogP contribution in [0.3, 0.4) is 0 Å². The van der Waals surface area contributed by atoms with Crippen LogP contribution in [0.4, 0.5) is 0 Å². The van der Waals surface area contributed by atoms with Gasteiger partial charge in [0, 0.05) is 6.54 Å². The molecule has 0 aliphatic heterocycles. The molecule has 1 aromatic heterocycles. The van der Waals surface area contributed by atoms with Gasteiger partial charge in [0.25, 0.3) is 0 Å². The third-order valence-electron chi connectivity index (χ3n) is 3.86. The molecule has 2 aromatic rings. The maximum atomic E-state index is 12.0. The van der Waals surface area contributed by atoms with E-state index in [-0.39, 0.29) is 5.78 Å². The van der Waals surface area contributed by atoms with Crippen LogP contribution < -0.4 is 5.32 Å². The average Bonchev–Trinajstić information content (AvgIpc) is 3.19. The second-order valence-electron chi connectivity index (χ2n) is 5.55. The molecular weight excluding hydrogens is 250 g/mol. The lowest BCUT2D eigenvalue weighted by molar-refractivity contribution is -0.117. The zero-order chi connectivity index (χ0) is 13.9. The van der Waals surface area contributed by atoms with E-state index in [1.165, 1.54) is 12.8 Å². The predicted molar refractivity (Wildman–Crippen MR) is 79.7 cm³/mol. The normalized spacial score (nSPS) is 14.8. The minimum absolute atomic E-state index is 0.218. The Bertz CT molecular complexity index is 613. The second-order valence-corrected chi connectivity index (χ2v) is 5.55. The number of hydrogen-bond acceptors (Lipinski definition) is 3. The zero-order valence-electron chi connectivity index (χ0n) is 11.9. The number of ketones is 1. The highest BCUT2D eigenvalue weighted by molar-refractivity contribution is 5.84. The van der Waals surface area contributed by atoms with Crippen molar-refractivity contribution in [2.24, 2.45) is 5.92 Å². The van der Waals surface area contributed by atoms with Gasteiger partial charge >= 0.3 is 0 Å². The summed E-state index contributed by atoms with van der Waals surface area (Å²) >= 11 is 0. The number of imidazole rings is 1. The van der Waals surface area contributed by atoms with Crippen molar-refractivity contribution in [1.82, 2.24) is 14.9 Å². The van der Waals surface area contributed by atoms with Crippen LogP contribution in [0.1, 0.15) is 25.6 Å². The highest BCUT2D eigenvalue weighted by atomic mass is 16.1. The van der Waals surface area contributed by atoms with Gasteiger partial charge in [0.15, 0.2) is 5.78 Å². The molecule has 1 saturated carbocycles. The summed E-state index contributed by atoms with van der Waals surface area (Å²) in [5, 5.41) is 3.25. The summed E-state index contributed by atoms with van der Waals surface area (Å²) in [6.45, 7) is 4.38. The Labute approximate surface area is 119 Å². The SMILES string of the molecule is CCn1c(CC(=O)CNCC2CC2)nc2ccccc21. The Morgan fingerprint density at radius 2 is 2.20 bits per heavy atom. The van der Waals surface area contributed by atoms with Crippen molar-refractivity contribution >= 4 is 16.8 Å². The van der Waals surface area contributed by atoms with Gasteiger partial charge in [-0.25, -0.2) is 4.98 Å². The molecule has 1 heterocycles. The van der Waals surface area contributed by atoms with E-state index in [9.17, 15) is 4.79 Å². The molecule has 1 fully saturated rings. The van der Waals surface area contributed by atoms with Crippen LogP contribution in [0.5, 0.6) is 0 Å². The summed E-state index contributed by atoms with van der Waals surface area (Å²) in [7, 11) is 0. The number of para-hydroxylation sites is 2. The first-order chi connectivity index (χ1) is 9.78. The Morgan fingerprint density at radius 1 is 1.40 bits per heavy atom. The topological polar surface area (TPSA) is 46.9 Å². The van der Waals surface area contributed by atoms with Gasteiger partial charge < -0.3 is 9.88 Å². The summed E-state index contributed by atoms with van der Waals surface area (Å²) < 4.78 is 2.13. The van der Waals surface area contributed by atoms with E-state index in [0.717, 1.165) is 35.9 Å². The van der Waals surface area contributed by atoms with E-state index in [2.05, 4.69) is 27.9 Å². The first-order valence-electron chi connectivity index (χ1n) is 7.44. The number of rotatable bonds is 7. The Morgan fingerprint density at radius 3 is 2.95 bits per heavy atom. The van der Waals surface area contributed by atoms with Crippen molar-refractivity contribution in [1.29, 1.82) is 0 Å². The molecule has 3 rings (SSSR count). The summed E-state index contributed by atoms with van der Waals surface area (Å²) in [6.07, 6.45) is 3.04. The maximum absolute atomic E-state index is 12.0. The Balaban J connectivity index is 1.67. The molecule has 4 nitrogen and oxygen atoms in total. The molecule has 0 spiro atoms. The standard InChI is InChI=1S/C16H21N3O/c1-2-19-15-6-4-3-5-14(15)18-16(19)9-13(20)11-17-10-12-7-8-12/h3-6,12,17H,2,7-11H2,1H3. The molecule has 1 N–H and O–H groups in total.